The van der Waals surface area contributed by atoms with Crippen molar-refractivity contribution in [3.63, 3.8) is 0 Å². The van der Waals surface area contributed by atoms with Crippen molar-refractivity contribution in [2.75, 3.05) is 0 Å². The summed E-state index contributed by atoms with van der Waals surface area (Å²) in [6.07, 6.45) is 7.60. The van der Waals surface area contributed by atoms with Crippen LogP contribution < -0.4 is 0 Å². The van der Waals surface area contributed by atoms with Crippen LogP contribution in [-0.2, 0) is 4.79 Å². The van der Waals surface area contributed by atoms with Gasteiger partial charge in [0, 0.05) is 11.8 Å². The van der Waals surface area contributed by atoms with Gasteiger partial charge in [0.25, 0.3) is 0 Å². The highest BCUT2D eigenvalue weighted by molar-refractivity contribution is 5.86. The van der Waals surface area contributed by atoms with Crippen LogP contribution in [0.5, 0.6) is 0 Å². The van der Waals surface area contributed by atoms with E-state index in [9.17, 15) is 4.79 Å². The number of fused-ring (bicyclic) bond motifs is 1. The molecule has 0 saturated heterocycles. The number of Topliss-reactive ketones (excluding diaryl/α,β-unsaturated/α-hetero) is 1. The summed E-state index contributed by atoms with van der Waals surface area (Å²) >= 11 is 0. The Labute approximate surface area is 80.2 Å². The zero-order valence-electron chi connectivity index (χ0n) is 8.60. The highest BCUT2D eigenvalue weighted by Crippen LogP contribution is 2.47. The first-order valence-electron chi connectivity index (χ1n) is 5.32. The van der Waals surface area contributed by atoms with Crippen molar-refractivity contribution < 1.29 is 4.79 Å². The third-order valence-corrected chi connectivity index (χ3v) is 3.94. The summed E-state index contributed by atoms with van der Waals surface area (Å²) in [4.78, 5) is 11.8. The number of hydrogen-bond acceptors (Lipinski definition) is 1. The lowest BCUT2D eigenvalue weighted by Gasteiger charge is -2.42. The summed E-state index contributed by atoms with van der Waals surface area (Å²) in [7, 11) is 0. The fraction of sp³-hybridized carbons (Fsp3) is 0.750. The van der Waals surface area contributed by atoms with Gasteiger partial charge in [0.15, 0.2) is 0 Å². The second kappa shape index (κ2) is 2.97. The standard InChI is InChI=1S/C12H18O/c1-9-6-7-12(2)10(8-9)4-3-5-11(12)13/h6,10H,3-5,7-8H2,1-2H3/t10-,12+/m0/s1. The third-order valence-electron chi connectivity index (χ3n) is 3.94. The normalized spacial score (nSPS) is 39.7. The fourth-order valence-electron chi connectivity index (χ4n) is 2.81. The minimum absolute atomic E-state index is 0.00222. The Morgan fingerprint density at radius 1 is 1.54 bits per heavy atom. The van der Waals surface area contributed by atoms with Gasteiger partial charge in [-0.05, 0) is 38.5 Å². The zero-order valence-corrected chi connectivity index (χ0v) is 8.60. The van der Waals surface area contributed by atoms with Crippen LogP contribution in [0.25, 0.3) is 0 Å². The molecule has 0 spiro atoms. The summed E-state index contributed by atoms with van der Waals surface area (Å²) in [6.45, 7) is 4.36. The Bertz CT molecular complexity index is 264. The molecule has 0 aliphatic heterocycles. The Balaban J connectivity index is 2.28. The van der Waals surface area contributed by atoms with Gasteiger partial charge in [-0.15, -0.1) is 0 Å². The summed E-state index contributed by atoms with van der Waals surface area (Å²) in [5.41, 5.74) is 1.48. The maximum Gasteiger partial charge on any atom is 0.139 e. The molecule has 1 nitrogen and oxygen atoms in total. The van der Waals surface area contributed by atoms with Gasteiger partial charge in [-0.2, -0.15) is 0 Å². The van der Waals surface area contributed by atoms with E-state index in [1.54, 1.807) is 0 Å². The Kier molecular flexibility index (Phi) is 2.05. The predicted octanol–water partition coefficient (Wildman–Crippen LogP) is 3.10. The van der Waals surface area contributed by atoms with E-state index in [1.165, 1.54) is 12.0 Å². The molecule has 1 fully saturated rings. The second-order valence-corrected chi connectivity index (χ2v) is 4.89. The molecule has 13 heavy (non-hydrogen) atoms. The number of allylic oxidation sites excluding steroid dienone is 2. The molecule has 2 atom stereocenters. The van der Waals surface area contributed by atoms with E-state index in [4.69, 9.17) is 0 Å². The molecule has 0 radical (unpaired) electrons. The van der Waals surface area contributed by atoms with E-state index < -0.39 is 0 Å². The van der Waals surface area contributed by atoms with E-state index in [1.807, 2.05) is 0 Å². The Morgan fingerprint density at radius 2 is 2.31 bits per heavy atom. The molecule has 2 rings (SSSR count). The lowest BCUT2D eigenvalue weighted by Crippen LogP contribution is -2.40. The molecule has 2 aliphatic rings. The Morgan fingerprint density at radius 3 is 3.08 bits per heavy atom. The van der Waals surface area contributed by atoms with Gasteiger partial charge in [0.1, 0.15) is 5.78 Å². The summed E-state index contributed by atoms with van der Waals surface area (Å²) < 4.78 is 0. The quantitative estimate of drug-likeness (QED) is 0.521. The van der Waals surface area contributed by atoms with Crippen LogP contribution in [0.15, 0.2) is 11.6 Å². The smallest absolute Gasteiger partial charge is 0.139 e. The number of hydrogen-bond donors (Lipinski definition) is 0. The maximum absolute atomic E-state index is 11.8. The largest absolute Gasteiger partial charge is 0.299 e. The third kappa shape index (κ3) is 1.34. The Hall–Kier alpha value is -0.590. The number of ketones is 1. The minimum atomic E-state index is -0.00222. The number of carbonyl (C=O) groups is 1. The summed E-state index contributed by atoms with van der Waals surface area (Å²) in [5.74, 6) is 1.14. The molecular weight excluding hydrogens is 160 g/mol. The van der Waals surface area contributed by atoms with Crippen LogP contribution in [0.3, 0.4) is 0 Å². The monoisotopic (exact) mass is 178 g/mol. The highest BCUT2D eigenvalue weighted by Gasteiger charge is 2.43. The molecule has 0 aromatic carbocycles. The molecule has 1 saturated carbocycles. The molecule has 72 valence electrons. The molecule has 0 N–H and O–H groups in total. The van der Waals surface area contributed by atoms with Gasteiger partial charge in [-0.1, -0.05) is 18.6 Å². The average Bonchev–Trinajstić information content (AvgIpc) is 2.09. The van der Waals surface area contributed by atoms with Crippen LogP contribution in [0, 0.1) is 11.3 Å². The van der Waals surface area contributed by atoms with E-state index in [2.05, 4.69) is 19.9 Å². The number of rotatable bonds is 0. The van der Waals surface area contributed by atoms with Crippen molar-refractivity contribution in [2.45, 2.75) is 46.0 Å². The van der Waals surface area contributed by atoms with E-state index in [0.717, 1.165) is 25.7 Å². The van der Waals surface area contributed by atoms with Gasteiger partial charge in [0.2, 0.25) is 0 Å². The van der Waals surface area contributed by atoms with Crippen molar-refractivity contribution in [1.82, 2.24) is 0 Å². The van der Waals surface area contributed by atoms with Crippen LogP contribution in [0.2, 0.25) is 0 Å². The van der Waals surface area contributed by atoms with E-state index in [-0.39, 0.29) is 5.41 Å². The highest BCUT2D eigenvalue weighted by atomic mass is 16.1. The van der Waals surface area contributed by atoms with Crippen molar-refractivity contribution in [3.8, 4) is 0 Å². The summed E-state index contributed by atoms with van der Waals surface area (Å²) in [5, 5.41) is 0. The molecular formula is C12H18O. The molecule has 0 heterocycles. The first-order valence-corrected chi connectivity index (χ1v) is 5.32. The molecule has 0 aromatic heterocycles. The van der Waals surface area contributed by atoms with Gasteiger partial charge >= 0.3 is 0 Å². The first kappa shape index (κ1) is 8.98. The zero-order chi connectivity index (χ0) is 9.47. The lowest BCUT2D eigenvalue weighted by molar-refractivity contribution is -0.134. The summed E-state index contributed by atoms with van der Waals surface area (Å²) in [6, 6.07) is 0. The van der Waals surface area contributed by atoms with E-state index >= 15 is 0 Å². The SMILES string of the molecule is CC1=CC[C@@]2(C)C(=O)CCC[C@H]2C1. The van der Waals surface area contributed by atoms with Crippen molar-refractivity contribution in [1.29, 1.82) is 0 Å². The molecule has 0 unspecified atom stereocenters. The fourth-order valence-corrected chi connectivity index (χ4v) is 2.81. The van der Waals surface area contributed by atoms with Crippen molar-refractivity contribution >= 4 is 5.78 Å². The second-order valence-electron chi connectivity index (χ2n) is 4.89. The molecule has 0 bridgehead atoms. The van der Waals surface area contributed by atoms with Crippen LogP contribution >= 0.6 is 0 Å². The van der Waals surface area contributed by atoms with Crippen molar-refractivity contribution in [3.05, 3.63) is 11.6 Å². The van der Waals surface area contributed by atoms with Gasteiger partial charge in [-0.25, -0.2) is 0 Å². The molecule has 1 heteroatoms. The topological polar surface area (TPSA) is 17.1 Å². The lowest BCUT2D eigenvalue weighted by atomic mass is 9.60. The molecule has 0 aromatic rings. The van der Waals surface area contributed by atoms with Gasteiger partial charge < -0.3 is 0 Å². The van der Waals surface area contributed by atoms with Crippen LogP contribution in [0.4, 0.5) is 0 Å². The molecule has 0 amide bonds. The molecule has 2 aliphatic carbocycles. The number of carbonyl (C=O) groups excluding carboxylic acids is 1. The van der Waals surface area contributed by atoms with Crippen LogP contribution in [-0.4, -0.2) is 5.78 Å². The van der Waals surface area contributed by atoms with Gasteiger partial charge in [0.05, 0.1) is 0 Å². The van der Waals surface area contributed by atoms with Crippen molar-refractivity contribution in [2.24, 2.45) is 11.3 Å². The van der Waals surface area contributed by atoms with Gasteiger partial charge in [-0.3, -0.25) is 4.79 Å². The average molecular weight is 178 g/mol. The minimum Gasteiger partial charge on any atom is -0.299 e. The van der Waals surface area contributed by atoms with Crippen LogP contribution in [0.1, 0.15) is 46.0 Å². The maximum atomic E-state index is 11.8. The first-order chi connectivity index (χ1) is 6.13. The predicted molar refractivity (Wildman–Crippen MR) is 53.4 cm³/mol. The van der Waals surface area contributed by atoms with E-state index in [0.29, 0.717) is 11.7 Å².